The van der Waals surface area contributed by atoms with E-state index in [1.165, 1.54) is 12.1 Å². The van der Waals surface area contributed by atoms with Crippen molar-refractivity contribution in [2.75, 3.05) is 6.61 Å². The van der Waals surface area contributed by atoms with Crippen LogP contribution in [0.5, 0.6) is 5.75 Å². The van der Waals surface area contributed by atoms with E-state index in [4.69, 9.17) is 9.47 Å². The fraction of sp³-hybridized carbons (Fsp3) is 0.130. The van der Waals surface area contributed by atoms with Crippen LogP contribution in [-0.2, 0) is 20.7 Å². The number of esters is 2. The second kappa shape index (κ2) is 8.05. The van der Waals surface area contributed by atoms with Crippen LogP contribution in [0.15, 0.2) is 67.3 Å². The Morgan fingerprint density at radius 3 is 2.54 bits per heavy atom. The van der Waals surface area contributed by atoms with Gasteiger partial charge in [0.25, 0.3) is 0 Å². The van der Waals surface area contributed by atoms with Gasteiger partial charge in [-0.2, -0.15) is 0 Å². The summed E-state index contributed by atoms with van der Waals surface area (Å²) in [6.07, 6.45) is 1.63. The fourth-order valence-corrected chi connectivity index (χ4v) is 2.89. The molecule has 3 aromatic rings. The molecular formula is C23H19FO4. The van der Waals surface area contributed by atoms with Gasteiger partial charge in [0, 0.05) is 23.5 Å². The lowest BCUT2D eigenvalue weighted by Gasteiger charge is -2.10. The summed E-state index contributed by atoms with van der Waals surface area (Å²) < 4.78 is 24.9. The number of halogens is 1. The Balaban J connectivity index is 1.93. The van der Waals surface area contributed by atoms with Crippen molar-refractivity contribution in [3.8, 4) is 5.75 Å². The Hall–Kier alpha value is -3.47. The van der Waals surface area contributed by atoms with E-state index in [9.17, 15) is 14.0 Å². The third-order valence-corrected chi connectivity index (χ3v) is 4.30. The number of hydrogen-bond acceptors (Lipinski definition) is 4. The van der Waals surface area contributed by atoms with Gasteiger partial charge in [0.1, 0.15) is 11.6 Å². The molecule has 0 fully saturated rings. The molecule has 0 saturated carbocycles. The molecule has 0 N–H and O–H groups in total. The van der Waals surface area contributed by atoms with Crippen molar-refractivity contribution in [2.24, 2.45) is 0 Å². The molecule has 28 heavy (non-hydrogen) atoms. The lowest BCUT2D eigenvalue weighted by molar-refractivity contribution is -0.137. The van der Waals surface area contributed by atoms with Gasteiger partial charge in [0.2, 0.25) is 0 Å². The third kappa shape index (κ3) is 4.09. The summed E-state index contributed by atoms with van der Waals surface area (Å²) >= 11 is 0. The van der Waals surface area contributed by atoms with Crippen LogP contribution in [0, 0.1) is 5.82 Å². The molecule has 142 valence electrons. The van der Waals surface area contributed by atoms with Crippen molar-refractivity contribution < 1.29 is 23.5 Å². The molecule has 0 heterocycles. The van der Waals surface area contributed by atoms with Crippen molar-refractivity contribution in [2.45, 2.75) is 13.3 Å². The Kier molecular flexibility index (Phi) is 5.54. The molecule has 4 nitrogen and oxygen atoms in total. The number of rotatable bonds is 6. The second-order valence-corrected chi connectivity index (χ2v) is 6.41. The Morgan fingerprint density at radius 2 is 1.82 bits per heavy atom. The van der Waals surface area contributed by atoms with E-state index in [2.05, 4.69) is 13.2 Å². The first-order valence-corrected chi connectivity index (χ1v) is 8.71. The molecule has 3 rings (SSSR count). The summed E-state index contributed by atoms with van der Waals surface area (Å²) in [6.45, 7) is 8.66. The summed E-state index contributed by atoms with van der Waals surface area (Å²) in [7, 11) is 0. The van der Waals surface area contributed by atoms with Gasteiger partial charge in [-0.15, -0.1) is 0 Å². The lowest BCUT2D eigenvalue weighted by Crippen LogP contribution is -2.08. The van der Waals surface area contributed by atoms with Crippen LogP contribution in [-0.4, -0.2) is 18.5 Å². The first-order valence-electron chi connectivity index (χ1n) is 8.71. The standard InChI is InChI=1S/C23H19FO4/c1-4-22(25)27-10-9-15-5-7-18-16(11-15)12-21(24)20-13-17(6-8-19(18)20)28-23(26)14(2)3/h4-8,11-13H,1-2,9-10H2,3H3. The van der Waals surface area contributed by atoms with Crippen LogP contribution in [0.2, 0.25) is 0 Å². The molecule has 0 spiro atoms. The fourth-order valence-electron chi connectivity index (χ4n) is 2.89. The van der Waals surface area contributed by atoms with E-state index in [0.717, 1.165) is 27.8 Å². The van der Waals surface area contributed by atoms with Gasteiger partial charge in [-0.3, -0.25) is 0 Å². The zero-order valence-corrected chi connectivity index (χ0v) is 15.5. The Labute approximate surface area is 161 Å². The average molecular weight is 378 g/mol. The summed E-state index contributed by atoms with van der Waals surface area (Å²) in [5.41, 5.74) is 1.19. The zero-order valence-electron chi connectivity index (χ0n) is 15.5. The van der Waals surface area contributed by atoms with Crippen molar-refractivity contribution in [3.05, 3.63) is 78.7 Å². The maximum atomic E-state index is 14.7. The topological polar surface area (TPSA) is 52.6 Å². The quantitative estimate of drug-likeness (QED) is 0.265. The van der Waals surface area contributed by atoms with Gasteiger partial charge in [0.15, 0.2) is 0 Å². The van der Waals surface area contributed by atoms with E-state index in [1.807, 2.05) is 18.2 Å². The molecule has 0 amide bonds. The molecule has 0 radical (unpaired) electrons. The van der Waals surface area contributed by atoms with E-state index in [1.54, 1.807) is 19.1 Å². The monoisotopic (exact) mass is 378 g/mol. The minimum Gasteiger partial charge on any atom is -0.462 e. The number of benzene rings is 3. The summed E-state index contributed by atoms with van der Waals surface area (Å²) in [4.78, 5) is 22.8. The smallest absolute Gasteiger partial charge is 0.338 e. The molecule has 5 heteroatoms. The SMILES string of the molecule is C=CC(=O)OCCc1ccc2c(c1)cc(F)c1cc(OC(=O)C(=C)C)ccc12. The normalized spacial score (nSPS) is 10.6. The minimum atomic E-state index is -0.553. The van der Waals surface area contributed by atoms with Crippen LogP contribution >= 0.6 is 0 Å². The molecule has 0 saturated heterocycles. The number of carbonyl (C=O) groups is 2. The third-order valence-electron chi connectivity index (χ3n) is 4.30. The van der Waals surface area contributed by atoms with Gasteiger partial charge < -0.3 is 9.47 Å². The zero-order chi connectivity index (χ0) is 20.3. The largest absolute Gasteiger partial charge is 0.462 e. The Bertz CT molecular complexity index is 1110. The first-order chi connectivity index (χ1) is 13.4. The highest BCUT2D eigenvalue weighted by molar-refractivity contribution is 6.08. The lowest BCUT2D eigenvalue weighted by atomic mass is 9.98. The van der Waals surface area contributed by atoms with Gasteiger partial charge in [-0.25, -0.2) is 14.0 Å². The molecule has 0 aliphatic carbocycles. The predicted molar refractivity (Wildman–Crippen MR) is 107 cm³/mol. The van der Waals surface area contributed by atoms with Crippen LogP contribution in [0.25, 0.3) is 21.5 Å². The van der Waals surface area contributed by atoms with Gasteiger partial charge in [-0.1, -0.05) is 31.4 Å². The maximum Gasteiger partial charge on any atom is 0.338 e. The molecule has 0 unspecified atom stereocenters. The van der Waals surface area contributed by atoms with Crippen LogP contribution in [0.3, 0.4) is 0 Å². The Morgan fingerprint density at radius 1 is 1.07 bits per heavy atom. The highest BCUT2D eigenvalue weighted by Crippen LogP contribution is 2.31. The van der Waals surface area contributed by atoms with E-state index in [0.29, 0.717) is 11.8 Å². The molecule has 0 aliphatic rings. The number of ether oxygens (including phenoxy) is 2. The van der Waals surface area contributed by atoms with Crippen molar-refractivity contribution in [3.63, 3.8) is 0 Å². The molecule has 3 aromatic carbocycles. The van der Waals surface area contributed by atoms with E-state index >= 15 is 0 Å². The maximum absolute atomic E-state index is 14.7. The van der Waals surface area contributed by atoms with Crippen LogP contribution < -0.4 is 4.74 Å². The highest BCUT2D eigenvalue weighted by atomic mass is 19.1. The summed E-state index contributed by atoms with van der Waals surface area (Å²) in [6, 6.07) is 12.0. The van der Waals surface area contributed by atoms with Gasteiger partial charge in [0.05, 0.1) is 6.61 Å². The minimum absolute atomic E-state index is 0.226. The number of fused-ring (bicyclic) bond motifs is 3. The molecule has 0 aromatic heterocycles. The van der Waals surface area contributed by atoms with Crippen molar-refractivity contribution >= 4 is 33.5 Å². The van der Waals surface area contributed by atoms with E-state index < -0.39 is 17.8 Å². The number of carbonyl (C=O) groups excluding carboxylic acids is 2. The van der Waals surface area contributed by atoms with Gasteiger partial charge in [-0.05, 0) is 52.9 Å². The van der Waals surface area contributed by atoms with Crippen molar-refractivity contribution in [1.29, 1.82) is 0 Å². The second-order valence-electron chi connectivity index (χ2n) is 6.41. The van der Waals surface area contributed by atoms with Crippen molar-refractivity contribution in [1.82, 2.24) is 0 Å². The molecule has 0 aliphatic heterocycles. The summed E-state index contributed by atoms with van der Waals surface area (Å²) in [5.74, 6) is -1.17. The first kappa shape index (κ1) is 19.3. The van der Waals surface area contributed by atoms with Crippen LogP contribution in [0.1, 0.15) is 12.5 Å². The summed E-state index contributed by atoms with van der Waals surface area (Å²) in [5, 5.41) is 2.70. The molecular weight excluding hydrogens is 359 g/mol. The number of hydrogen-bond donors (Lipinski definition) is 0. The van der Waals surface area contributed by atoms with Crippen LogP contribution in [0.4, 0.5) is 4.39 Å². The highest BCUT2D eigenvalue weighted by Gasteiger charge is 2.11. The van der Waals surface area contributed by atoms with Gasteiger partial charge >= 0.3 is 11.9 Å². The molecule has 0 atom stereocenters. The van der Waals surface area contributed by atoms with E-state index in [-0.39, 0.29) is 17.9 Å². The molecule has 0 bridgehead atoms. The average Bonchev–Trinajstić information content (AvgIpc) is 2.67. The predicted octanol–water partition coefficient (Wildman–Crippen LogP) is 4.89.